The number of carbonyl (C=O) groups excluding carboxylic acids is 4. The van der Waals surface area contributed by atoms with Crippen LogP contribution in [0.2, 0.25) is 0 Å². The van der Waals surface area contributed by atoms with Crippen LogP contribution in [0, 0.1) is 0 Å². The van der Waals surface area contributed by atoms with Crippen LogP contribution in [0.3, 0.4) is 0 Å². The topological polar surface area (TPSA) is 95.6 Å². The molecule has 1 fully saturated rings. The number of hydrogen-bond acceptors (Lipinski definition) is 5. The quantitative estimate of drug-likeness (QED) is 0.790. The van der Waals surface area contributed by atoms with Gasteiger partial charge in [0, 0.05) is 24.3 Å². The molecular formula is C14H15N3O4S. The van der Waals surface area contributed by atoms with Gasteiger partial charge in [0.05, 0.1) is 12.1 Å². The lowest BCUT2D eigenvalue weighted by Crippen LogP contribution is -2.61. The molecule has 1 atom stereocenters. The lowest BCUT2D eigenvalue weighted by atomic mass is 9.89. The number of piperidine rings is 1. The SMILES string of the molecule is CC(=O)Nc1scc2c1CN([C@@]1(C)CCC(=O)NC1=O)C2=O. The Kier molecular flexibility index (Phi) is 3.28. The Morgan fingerprint density at radius 2 is 2.14 bits per heavy atom. The molecule has 0 aliphatic carbocycles. The lowest BCUT2D eigenvalue weighted by Gasteiger charge is -2.39. The molecule has 2 N–H and O–H groups in total. The van der Waals surface area contributed by atoms with Crippen LogP contribution in [0.1, 0.15) is 42.6 Å². The minimum Gasteiger partial charge on any atom is -0.320 e. The predicted octanol–water partition coefficient (Wildman–Crippen LogP) is 0.858. The predicted molar refractivity (Wildman–Crippen MR) is 79.3 cm³/mol. The number of amides is 4. The van der Waals surface area contributed by atoms with Crippen LogP contribution < -0.4 is 10.6 Å². The number of nitrogens with zero attached hydrogens (tertiary/aromatic N) is 1. The second kappa shape index (κ2) is 4.91. The van der Waals surface area contributed by atoms with Crippen LogP contribution in [0.15, 0.2) is 5.38 Å². The molecule has 1 aromatic heterocycles. The van der Waals surface area contributed by atoms with E-state index in [0.717, 1.165) is 5.56 Å². The molecule has 1 aromatic rings. The van der Waals surface area contributed by atoms with E-state index in [4.69, 9.17) is 0 Å². The van der Waals surface area contributed by atoms with Gasteiger partial charge in [-0.2, -0.15) is 0 Å². The van der Waals surface area contributed by atoms with E-state index in [1.54, 1.807) is 12.3 Å². The molecule has 8 heteroatoms. The standard InChI is InChI=1S/C14H15N3O4S/c1-7(18)15-11-8-5-17(12(20)9(8)6-22-11)14(2)4-3-10(19)16-13(14)21/h6H,3-5H2,1-2H3,(H,15,18)(H,16,19,21)/t14-/m0/s1. The van der Waals surface area contributed by atoms with Crippen LogP contribution in [0.4, 0.5) is 5.00 Å². The second-order valence-electron chi connectivity index (χ2n) is 5.68. The van der Waals surface area contributed by atoms with Crippen molar-refractivity contribution < 1.29 is 19.2 Å². The minimum atomic E-state index is -1.05. The van der Waals surface area contributed by atoms with Gasteiger partial charge in [-0.3, -0.25) is 24.5 Å². The number of imide groups is 1. The Labute approximate surface area is 130 Å². The highest BCUT2D eigenvalue weighted by Crippen LogP contribution is 2.40. The summed E-state index contributed by atoms with van der Waals surface area (Å²) in [5.74, 6) is -1.22. The van der Waals surface area contributed by atoms with Crippen molar-refractivity contribution in [3.8, 4) is 0 Å². The monoisotopic (exact) mass is 321 g/mol. The third-order valence-electron chi connectivity index (χ3n) is 4.15. The average molecular weight is 321 g/mol. The molecule has 3 rings (SSSR count). The maximum Gasteiger partial charge on any atom is 0.256 e. The van der Waals surface area contributed by atoms with Crippen molar-refractivity contribution in [3.63, 3.8) is 0 Å². The van der Waals surface area contributed by atoms with Crippen molar-refractivity contribution in [2.75, 3.05) is 5.32 Å². The zero-order chi connectivity index (χ0) is 16.1. The normalized spacial score (nSPS) is 24.3. The molecule has 4 amide bonds. The summed E-state index contributed by atoms with van der Waals surface area (Å²) < 4.78 is 0. The number of fused-ring (bicyclic) bond motifs is 1. The summed E-state index contributed by atoms with van der Waals surface area (Å²) in [6.45, 7) is 3.33. The van der Waals surface area contributed by atoms with Gasteiger partial charge in [-0.15, -0.1) is 11.3 Å². The number of anilines is 1. The molecule has 2 aliphatic rings. The van der Waals surface area contributed by atoms with Crippen molar-refractivity contribution in [3.05, 3.63) is 16.5 Å². The molecule has 7 nitrogen and oxygen atoms in total. The number of thiophene rings is 1. The summed E-state index contributed by atoms with van der Waals surface area (Å²) in [5.41, 5.74) is 0.200. The molecule has 0 bridgehead atoms. The van der Waals surface area contributed by atoms with Crippen molar-refractivity contribution in [2.45, 2.75) is 38.8 Å². The van der Waals surface area contributed by atoms with Crippen LogP contribution in [-0.2, 0) is 20.9 Å². The molecule has 1 saturated heterocycles. The molecule has 3 heterocycles. The summed E-state index contributed by atoms with van der Waals surface area (Å²) in [7, 11) is 0. The lowest BCUT2D eigenvalue weighted by molar-refractivity contribution is -0.142. The second-order valence-corrected chi connectivity index (χ2v) is 6.56. The summed E-state index contributed by atoms with van der Waals surface area (Å²) in [6.07, 6.45) is 0.504. The van der Waals surface area contributed by atoms with Gasteiger partial charge in [-0.25, -0.2) is 0 Å². The fourth-order valence-electron chi connectivity index (χ4n) is 2.81. The highest BCUT2D eigenvalue weighted by molar-refractivity contribution is 7.15. The summed E-state index contributed by atoms with van der Waals surface area (Å²) >= 11 is 1.30. The van der Waals surface area contributed by atoms with E-state index in [9.17, 15) is 19.2 Å². The van der Waals surface area contributed by atoms with Crippen molar-refractivity contribution >= 4 is 40.0 Å². The Bertz CT molecular complexity index is 711. The fraction of sp³-hybridized carbons (Fsp3) is 0.429. The molecule has 22 heavy (non-hydrogen) atoms. The van der Waals surface area contributed by atoms with Crippen LogP contribution >= 0.6 is 11.3 Å². The van der Waals surface area contributed by atoms with Gasteiger partial charge >= 0.3 is 0 Å². The van der Waals surface area contributed by atoms with Crippen molar-refractivity contribution in [1.29, 1.82) is 0 Å². The first-order valence-corrected chi connectivity index (χ1v) is 7.75. The Balaban J connectivity index is 1.90. The Hall–Kier alpha value is -2.22. The van der Waals surface area contributed by atoms with Gasteiger partial charge in [-0.05, 0) is 13.3 Å². The summed E-state index contributed by atoms with van der Waals surface area (Å²) in [5, 5.41) is 7.33. The van der Waals surface area contributed by atoms with E-state index in [0.29, 0.717) is 17.0 Å². The maximum atomic E-state index is 12.6. The number of carbonyl (C=O) groups is 4. The van der Waals surface area contributed by atoms with Gasteiger partial charge in [0.25, 0.3) is 11.8 Å². The molecule has 0 spiro atoms. The van der Waals surface area contributed by atoms with E-state index in [2.05, 4.69) is 10.6 Å². The summed E-state index contributed by atoms with van der Waals surface area (Å²) in [4.78, 5) is 48.8. The third kappa shape index (κ3) is 2.10. The molecule has 0 saturated carbocycles. The minimum absolute atomic E-state index is 0.206. The van der Waals surface area contributed by atoms with E-state index < -0.39 is 11.4 Å². The van der Waals surface area contributed by atoms with Gasteiger partial charge < -0.3 is 10.2 Å². The Morgan fingerprint density at radius 3 is 2.77 bits per heavy atom. The van der Waals surface area contributed by atoms with Crippen molar-refractivity contribution in [2.24, 2.45) is 0 Å². The van der Waals surface area contributed by atoms with Gasteiger partial charge in [-0.1, -0.05) is 0 Å². The molecule has 0 aromatic carbocycles. The first kappa shape index (κ1) is 14.7. The Morgan fingerprint density at radius 1 is 1.41 bits per heavy atom. The molecule has 0 radical (unpaired) electrons. The molecular weight excluding hydrogens is 306 g/mol. The highest BCUT2D eigenvalue weighted by Gasteiger charge is 2.49. The van der Waals surface area contributed by atoms with E-state index in [-0.39, 0.29) is 30.7 Å². The number of rotatable bonds is 2. The average Bonchev–Trinajstić information content (AvgIpc) is 2.96. The molecule has 116 valence electrons. The van der Waals surface area contributed by atoms with E-state index in [1.165, 1.54) is 23.2 Å². The van der Waals surface area contributed by atoms with Crippen LogP contribution in [-0.4, -0.2) is 34.1 Å². The van der Waals surface area contributed by atoms with Gasteiger partial charge in [0.2, 0.25) is 11.8 Å². The smallest absolute Gasteiger partial charge is 0.256 e. The largest absolute Gasteiger partial charge is 0.320 e. The molecule has 0 unspecified atom stereocenters. The maximum absolute atomic E-state index is 12.6. The van der Waals surface area contributed by atoms with Crippen LogP contribution in [0.5, 0.6) is 0 Å². The van der Waals surface area contributed by atoms with Gasteiger partial charge in [0.1, 0.15) is 10.5 Å². The van der Waals surface area contributed by atoms with E-state index in [1.807, 2.05) is 0 Å². The van der Waals surface area contributed by atoms with Crippen molar-refractivity contribution in [1.82, 2.24) is 10.2 Å². The van der Waals surface area contributed by atoms with Crippen LogP contribution in [0.25, 0.3) is 0 Å². The van der Waals surface area contributed by atoms with E-state index >= 15 is 0 Å². The highest BCUT2D eigenvalue weighted by atomic mass is 32.1. The summed E-state index contributed by atoms with van der Waals surface area (Å²) in [6, 6.07) is 0. The fourth-order valence-corrected chi connectivity index (χ4v) is 3.81. The molecule has 2 aliphatic heterocycles. The zero-order valence-corrected chi connectivity index (χ0v) is 13.0. The zero-order valence-electron chi connectivity index (χ0n) is 12.2. The first-order chi connectivity index (χ1) is 10.3. The number of nitrogens with one attached hydrogen (secondary N) is 2. The van der Waals surface area contributed by atoms with Gasteiger partial charge in [0.15, 0.2) is 0 Å². The third-order valence-corrected chi connectivity index (χ3v) is 5.09. The number of hydrogen-bond donors (Lipinski definition) is 2. The first-order valence-electron chi connectivity index (χ1n) is 6.87.